The van der Waals surface area contributed by atoms with Crippen LogP contribution in [0.1, 0.15) is 29.3 Å². The summed E-state index contributed by atoms with van der Waals surface area (Å²) in [5.41, 5.74) is 2.61. The van der Waals surface area contributed by atoms with Crippen molar-refractivity contribution >= 4 is 23.5 Å². The van der Waals surface area contributed by atoms with Gasteiger partial charge in [-0.2, -0.15) is 0 Å². The third-order valence-electron chi connectivity index (χ3n) is 1.76. The molecule has 0 unspecified atom stereocenters. The normalized spacial score (nSPS) is 10.8. The maximum atomic E-state index is 3.81. The van der Waals surface area contributed by atoms with Crippen LogP contribution in [0.3, 0.4) is 0 Å². The van der Waals surface area contributed by atoms with Gasteiger partial charge in [0.1, 0.15) is 0 Å². The molecule has 0 aliphatic heterocycles. The maximum Gasteiger partial charge on any atom is 0.0342 e. The number of hydrogen-bond donors (Lipinski definition) is 0. The van der Waals surface area contributed by atoms with Gasteiger partial charge in [-0.15, -0.1) is 11.3 Å². The molecule has 1 rings (SSSR count). The summed E-state index contributed by atoms with van der Waals surface area (Å²) in [4.78, 5) is 1.32. The zero-order valence-corrected chi connectivity index (χ0v) is 8.45. The lowest BCUT2D eigenvalue weighted by Crippen LogP contribution is -1.73. The third-order valence-corrected chi connectivity index (χ3v) is 2.84. The van der Waals surface area contributed by atoms with Gasteiger partial charge in [0.25, 0.3) is 0 Å². The van der Waals surface area contributed by atoms with Gasteiger partial charge < -0.3 is 0 Å². The van der Waals surface area contributed by atoms with E-state index < -0.39 is 0 Å². The monoisotopic (exact) mass is 178 g/mol. The highest BCUT2D eigenvalue weighted by Crippen LogP contribution is 2.24. The van der Waals surface area contributed by atoms with Crippen molar-refractivity contribution in [1.29, 1.82) is 0 Å². The van der Waals surface area contributed by atoms with Crippen LogP contribution in [0, 0.1) is 6.92 Å². The highest BCUT2D eigenvalue weighted by Gasteiger charge is 2.00. The third kappa shape index (κ3) is 1.86. The predicted octanol–water partition coefficient (Wildman–Crippen LogP) is 4.12. The maximum absolute atomic E-state index is 3.81. The second-order valence-corrected chi connectivity index (χ2v) is 3.62. The summed E-state index contributed by atoms with van der Waals surface area (Å²) in [5.74, 6) is 0. The standard InChI is InChI=1S/C11H14S/c1-4-6-7-11-10(5-2)9(3)8-12-11/h5-8H,2,4H2,1,3H3/b7-6-. The quantitative estimate of drug-likeness (QED) is 0.653. The summed E-state index contributed by atoms with van der Waals surface area (Å²) in [6.07, 6.45) is 7.38. The van der Waals surface area contributed by atoms with Gasteiger partial charge in [-0.05, 0) is 35.9 Å². The molecule has 1 heteroatoms. The van der Waals surface area contributed by atoms with Gasteiger partial charge in [-0.3, -0.25) is 0 Å². The largest absolute Gasteiger partial charge is 0.144 e. The molecule has 0 amide bonds. The number of rotatable bonds is 3. The molecule has 0 atom stereocenters. The Balaban J connectivity index is 2.99. The Bertz CT molecular complexity index is 292. The lowest BCUT2D eigenvalue weighted by Gasteiger charge is -1.92. The molecule has 1 aromatic rings. The van der Waals surface area contributed by atoms with Crippen molar-refractivity contribution in [2.45, 2.75) is 20.3 Å². The van der Waals surface area contributed by atoms with Gasteiger partial charge >= 0.3 is 0 Å². The van der Waals surface area contributed by atoms with E-state index in [1.54, 1.807) is 11.3 Å². The molecule has 1 heterocycles. The molecular weight excluding hydrogens is 164 g/mol. The van der Waals surface area contributed by atoms with Crippen molar-refractivity contribution in [3.8, 4) is 0 Å². The van der Waals surface area contributed by atoms with E-state index in [2.05, 4.69) is 38.0 Å². The fraction of sp³-hybridized carbons (Fsp3) is 0.273. The zero-order chi connectivity index (χ0) is 8.97. The van der Waals surface area contributed by atoms with Gasteiger partial charge in [0.05, 0.1) is 0 Å². The Morgan fingerprint density at radius 1 is 1.58 bits per heavy atom. The van der Waals surface area contributed by atoms with Crippen molar-refractivity contribution in [3.05, 3.63) is 34.0 Å². The second-order valence-electron chi connectivity index (χ2n) is 2.71. The zero-order valence-electron chi connectivity index (χ0n) is 7.63. The van der Waals surface area contributed by atoms with Crippen molar-refractivity contribution in [3.63, 3.8) is 0 Å². The molecule has 0 spiro atoms. The average molecular weight is 178 g/mol. The van der Waals surface area contributed by atoms with E-state index in [0.717, 1.165) is 6.42 Å². The van der Waals surface area contributed by atoms with Gasteiger partial charge in [0.2, 0.25) is 0 Å². The van der Waals surface area contributed by atoms with E-state index in [9.17, 15) is 0 Å². The molecule has 0 saturated heterocycles. The fourth-order valence-corrected chi connectivity index (χ4v) is 2.07. The molecule has 0 aliphatic carbocycles. The Labute approximate surface area is 78.2 Å². The lowest BCUT2D eigenvalue weighted by atomic mass is 10.1. The smallest absolute Gasteiger partial charge is 0.0342 e. The van der Waals surface area contributed by atoms with E-state index in [-0.39, 0.29) is 0 Å². The molecule has 0 radical (unpaired) electrons. The van der Waals surface area contributed by atoms with Gasteiger partial charge in [0.15, 0.2) is 0 Å². The van der Waals surface area contributed by atoms with Crippen LogP contribution in [0.25, 0.3) is 12.2 Å². The van der Waals surface area contributed by atoms with Crippen LogP contribution < -0.4 is 0 Å². The van der Waals surface area contributed by atoms with E-state index >= 15 is 0 Å². The minimum Gasteiger partial charge on any atom is -0.144 e. The summed E-state index contributed by atoms with van der Waals surface area (Å²) in [7, 11) is 0. The van der Waals surface area contributed by atoms with E-state index in [1.165, 1.54) is 16.0 Å². The molecule has 0 saturated carbocycles. The molecule has 0 aromatic carbocycles. The summed E-state index contributed by atoms with van der Waals surface area (Å²) in [6.45, 7) is 8.07. The summed E-state index contributed by atoms with van der Waals surface area (Å²) in [6, 6.07) is 0. The lowest BCUT2D eigenvalue weighted by molar-refractivity contribution is 1.23. The average Bonchev–Trinajstić information content (AvgIpc) is 2.43. The summed E-state index contributed by atoms with van der Waals surface area (Å²) in [5, 5.41) is 2.17. The van der Waals surface area contributed by atoms with E-state index in [0.29, 0.717) is 0 Å². The number of thiophene rings is 1. The van der Waals surface area contributed by atoms with Crippen LogP contribution in [0.15, 0.2) is 18.0 Å². The Morgan fingerprint density at radius 2 is 2.33 bits per heavy atom. The first-order valence-electron chi connectivity index (χ1n) is 4.16. The SMILES string of the molecule is C=Cc1c(C)csc1/C=C\CC. The van der Waals surface area contributed by atoms with Gasteiger partial charge in [0, 0.05) is 4.88 Å². The Morgan fingerprint density at radius 3 is 2.92 bits per heavy atom. The molecule has 0 bridgehead atoms. The van der Waals surface area contributed by atoms with Crippen molar-refractivity contribution in [1.82, 2.24) is 0 Å². The van der Waals surface area contributed by atoms with E-state index in [1.807, 2.05) is 6.08 Å². The molecule has 64 valence electrons. The molecule has 12 heavy (non-hydrogen) atoms. The first-order chi connectivity index (χ1) is 5.79. The highest BCUT2D eigenvalue weighted by atomic mass is 32.1. The first kappa shape index (κ1) is 9.27. The van der Waals surface area contributed by atoms with Gasteiger partial charge in [-0.1, -0.05) is 25.7 Å². The van der Waals surface area contributed by atoms with Crippen molar-refractivity contribution < 1.29 is 0 Å². The second kappa shape index (κ2) is 4.27. The summed E-state index contributed by atoms with van der Waals surface area (Å²) < 4.78 is 0. The topological polar surface area (TPSA) is 0 Å². The van der Waals surface area contributed by atoms with Crippen LogP contribution in [0.2, 0.25) is 0 Å². The van der Waals surface area contributed by atoms with Crippen LogP contribution in [-0.4, -0.2) is 0 Å². The highest BCUT2D eigenvalue weighted by molar-refractivity contribution is 7.11. The van der Waals surface area contributed by atoms with Crippen molar-refractivity contribution in [2.75, 3.05) is 0 Å². The van der Waals surface area contributed by atoms with E-state index in [4.69, 9.17) is 0 Å². The Kier molecular flexibility index (Phi) is 3.30. The fourth-order valence-electron chi connectivity index (χ4n) is 1.09. The van der Waals surface area contributed by atoms with Crippen LogP contribution in [0.5, 0.6) is 0 Å². The molecule has 0 N–H and O–H groups in total. The molecular formula is C11H14S. The van der Waals surface area contributed by atoms with Gasteiger partial charge in [-0.25, -0.2) is 0 Å². The molecule has 0 aliphatic rings. The summed E-state index contributed by atoms with van der Waals surface area (Å²) >= 11 is 1.78. The number of allylic oxidation sites excluding steroid dienone is 1. The molecule has 0 fully saturated rings. The number of hydrogen-bond acceptors (Lipinski definition) is 1. The van der Waals surface area contributed by atoms with Crippen molar-refractivity contribution in [2.24, 2.45) is 0 Å². The van der Waals surface area contributed by atoms with Crippen LogP contribution in [0.4, 0.5) is 0 Å². The predicted molar refractivity (Wildman–Crippen MR) is 58.5 cm³/mol. The van der Waals surface area contributed by atoms with Crippen LogP contribution >= 0.6 is 11.3 Å². The van der Waals surface area contributed by atoms with Crippen LogP contribution in [-0.2, 0) is 0 Å². The number of aryl methyl sites for hydroxylation is 1. The molecule has 1 aromatic heterocycles. The first-order valence-corrected chi connectivity index (χ1v) is 5.04. The molecule has 0 nitrogen and oxygen atoms in total. The minimum absolute atomic E-state index is 1.09. The Hall–Kier alpha value is -0.820. The minimum atomic E-state index is 1.09.